The average Bonchev–Trinajstić information content (AvgIpc) is 3.26. The van der Waals surface area contributed by atoms with Crippen molar-refractivity contribution >= 4 is 58.2 Å². The van der Waals surface area contributed by atoms with Crippen LogP contribution in [-0.4, -0.2) is 28.8 Å². The van der Waals surface area contributed by atoms with Gasteiger partial charge in [0.15, 0.2) is 0 Å². The van der Waals surface area contributed by atoms with Crippen molar-refractivity contribution in [3.63, 3.8) is 0 Å². The van der Waals surface area contributed by atoms with Gasteiger partial charge in [-0.05, 0) is 54.7 Å². The number of nitrogens with zero attached hydrogens (tertiary/aromatic N) is 1. The fourth-order valence-corrected chi connectivity index (χ4v) is 4.93. The molecule has 0 radical (unpaired) electrons. The van der Waals surface area contributed by atoms with E-state index in [1.54, 1.807) is 41.3 Å². The zero-order chi connectivity index (χ0) is 23.3. The number of carbonyl (C=O) groups is 2. The van der Waals surface area contributed by atoms with Gasteiger partial charge in [-0.1, -0.05) is 78.3 Å². The SMILES string of the molecule is CCC(C(=O)NC1CCCC1)N(Cc1ccc(Cl)c(Cl)c1)C(=O)Cc1c(Cl)cccc1Cl. The van der Waals surface area contributed by atoms with Gasteiger partial charge in [-0.2, -0.15) is 0 Å². The number of hydrogen-bond acceptors (Lipinski definition) is 2. The molecule has 3 rings (SSSR count). The van der Waals surface area contributed by atoms with Crippen LogP contribution in [0.1, 0.15) is 50.2 Å². The summed E-state index contributed by atoms with van der Waals surface area (Å²) in [6.07, 6.45) is 4.63. The van der Waals surface area contributed by atoms with E-state index in [9.17, 15) is 9.59 Å². The Morgan fingerprint density at radius 2 is 1.66 bits per heavy atom. The van der Waals surface area contributed by atoms with Crippen LogP contribution in [-0.2, 0) is 22.6 Å². The van der Waals surface area contributed by atoms with Crippen LogP contribution in [0, 0.1) is 0 Å². The second-order valence-electron chi connectivity index (χ2n) is 8.06. The van der Waals surface area contributed by atoms with Crippen LogP contribution >= 0.6 is 46.4 Å². The molecule has 2 aromatic rings. The van der Waals surface area contributed by atoms with Crippen molar-refractivity contribution in [2.24, 2.45) is 0 Å². The van der Waals surface area contributed by atoms with E-state index in [0.29, 0.717) is 32.1 Å². The maximum absolute atomic E-state index is 13.5. The summed E-state index contributed by atoms with van der Waals surface area (Å²) in [5, 5.41) is 4.80. The molecule has 0 heterocycles. The molecular formula is C24H26Cl4N2O2. The van der Waals surface area contributed by atoms with E-state index >= 15 is 0 Å². The van der Waals surface area contributed by atoms with Gasteiger partial charge in [-0.3, -0.25) is 9.59 Å². The Morgan fingerprint density at radius 1 is 1.00 bits per heavy atom. The minimum atomic E-state index is -0.626. The van der Waals surface area contributed by atoms with Crippen molar-refractivity contribution in [3.8, 4) is 0 Å². The minimum Gasteiger partial charge on any atom is -0.352 e. The van der Waals surface area contributed by atoms with Gasteiger partial charge in [-0.15, -0.1) is 0 Å². The van der Waals surface area contributed by atoms with E-state index in [1.807, 2.05) is 6.92 Å². The van der Waals surface area contributed by atoms with Gasteiger partial charge in [0, 0.05) is 22.6 Å². The number of hydrogen-bond donors (Lipinski definition) is 1. The molecule has 2 aromatic carbocycles. The largest absolute Gasteiger partial charge is 0.352 e. The third-order valence-electron chi connectivity index (χ3n) is 5.81. The quantitative estimate of drug-likeness (QED) is 0.424. The Labute approximate surface area is 209 Å². The standard InChI is InChI=1S/C24H26Cl4N2O2/c1-2-22(24(32)29-16-6-3-4-7-16)30(14-15-10-11-20(27)21(28)12-15)23(31)13-17-18(25)8-5-9-19(17)26/h5,8-12,16,22H,2-4,6-7,13-14H2,1H3,(H,29,32). The van der Waals surface area contributed by atoms with Crippen LogP contribution in [0.25, 0.3) is 0 Å². The molecule has 0 saturated heterocycles. The predicted molar refractivity (Wildman–Crippen MR) is 132 cm³/mol. The summed E-state index contributed by atoms with van der Waals surface area (Å²) in [4.78, 5) is 28.2. The highest BCUT2D eigenvalue weighted by atomic mass is 35.5. The molecule has 1 atom stereocenters. The van der Waals surface area contributed by atoms with Gasteiger partial charge in [0.2, 0.25) is 11.8 Å². The normalized spacial score (nSPS) is 14.9. The first-order chi connectivity index (χ1) is 15.3. The van der Waals surface area contributed by atoms with Crippen molar-refractivity contribution in [2.75, 3.05) is 0 Å². The summed E-state index contributed by atoms with van der Waals surface area (Å²) in [6, 6.07) is 9.87. The van der Waals surface area contributed by atoms with E-state index in [0.717, 1.165) is 31.2 Å². The smallest absolute Gasteiger partial charge is 0.243 e. The molecule has 1 unspecified atom stereocenters. The lowest BCUT2D eigenvalue weighted by atomic mass is 10.1. The van der Waals surface area contributed by atoms with Crippen molar-refractivity contribution in [2.45, 2.75) is 64.1 Å². The van der Waals surface area contributed by atoms with Crippen LogP contribution in [0.2, 0.25) is 20.1 Å². The molecule has 0 aromatic heterocycles. The number of nitrogens with one attached hydrogen (secondary N) is 1. The number of amides is 2. The van der Waals surface area contributed by atoms with Crippen LogP contribution in [0.15, 0.2) is 36.4 Å². The Bertz CT molecular complexity index is 956. The molecule has 1 saturated carbocycles. The average molecular weight is 516 g/mol. The van der Waals surface area contributed by atoms with Crippen LogP contribution in [0.3, 0.4) is 0 Å². The lowest BCUT2D eigenvalue weighted by Gasteiger charge is -2.32. The molecule has 2 amide bonds. The zero-order valence-corrected chi connectivity index (χ0v) is 20.9. The Hall–Kier alpha value is -1.46. The molecule has 4 nitrogen and oxygen atoms in total. The summed E-state index contributed by atoms with van der Waals surface area (Å²) in [6.45, 7) is 2.12. The molecule has 1 fully saturated rings. The van der Waals surface area contributed by atoms with E-state index in [2.05, 4.69) is 5.32 Å². The summed E-state index contributed by atoms with van der Waals surface area (Å²) < 4.78 is 0. The topological polar surface area (TPSA) is 49.4 Å². The third kappa shape index (κ3) is 6.32. The van der Waals surface area contributed by atoms with Crippen molar-refractivity contribution in [1.29, 1.82) is 0 Å². The van der Waals surface area contributed by atoms with Gasteiger partial charge in [0.05, 0.1) is 16.5 Å². The molecule has 172 valence electrons. The first kappa shape index (κ1) is 25.2. The van der Waals surface area contributed by atoms with Crippen molar-refractivity contribution < 1.29 is 9.59 Å². The zero-order valence-electron chi connectivity index (χ0n) is 17.8. The first-order valence-electron chi connectivity index (χ1n) is 10.8. The molecule has 8 heteroatoms. The summed E-state index contributed by atoms with van der Waals surface area (Å²) in [5.74, 6) is -0.377. The second-order valence-corrected chi connectivity index (χ2v) is 9.69. The summed E-state index contributed by atoms with van der Waals surface area (Å²) in [7, 11) is 0. The fraction of sp³-hybridized carbons (Fsp3) is 0.417. The predicted octanol–water partition coefficient (Wildman–Crippen LogP) is 6.71. The number of benzene rings is 2. The summed E-state index contributed by atoms with van der Waals surface area (Å²) in [5.41, 5.74) is 1.33. The molecule has 0 aliphatic heterocycles. The molecule has 1 aliphatic rings. The number of carbonyl (C=O) groups excluding carboxylic acids is 2. The highest BCUT2D eigenvalue weighted by Gasteiger charge is 2.31. The highest BCUT2D eigenvalue weighted by molar-refractivity contribution is 6.42. The lowest BCUT2D eigenvalue weighted by molar-refractivity contribution is -0.141. The van der Waals surface area contributed by atoms with E-state index < -0.39 is 6.04 Å². The molecule has 0 bridgehead atoms. The molecule has 0 spiro atoms. The van der Waals surface area contributed by atoms with E-state index in [1.165, 1.54) is 0 Å². The van der Waals surface area contributed by atoms with Crippen molar-refractivity contribution in [1.82, 2.24) is 10.2 Å². The van der Waals surface area contributed by atoms with Gasteiger partial charge >= 0.3 is 0 Å². The lowest BCUT2D eigenvalue weighted by Crippen LogP contribution is -2.51. The van der Waals surface area contributed by atoms with Crippen molar-refractivity contribution in [3.05, 3.63) is 67.6 Å². The van der Waals surface area contributed by atoms with Gasteiger partial charge < -0.3 is 10.2 Å². The number of halogens is 4. The first-order valence-corrected chi connectivity index (χ1v) is 12.3. The second kappa shape index (κ2) is 11.6. The Balaban J connectivity index is 1.88. The van der Waals surface area contributed by atoms with Gasteiger partial charge in [-0.25, -0.2) is 0 Å². The van der Waals surface area contributed by atoms with E-state index in [4.69, 9.17) is 46.4 Å². The Morgan fingerprint density at radius 3 is 2.25 bits per heavy atom. The maximum atomic E-state index is 13.5. The molecule has 32 heavy (non-hydrogen) atoms. The molecule has 1 N–H and O–H groups in total. The fourth-order valence-electron chi connectivity index (χ4n) is 4.08. The maximum Gasteiger partial charge on any atom is 0.243 e. The monoisotopic (exact) mass is 514 g/mol. The van der Waals surface area contributed by atoms with E-state index in [-0.39, 0.29) is 30.8 Å². The van der Waals surface area contributed by atoms with Crippen LogP contribution in [0.4, 0.5) is 0 Å². The molecular weight excluding hydrogens is 490 g/mol. The Kier molecular flexibility index (Phi) is 9.13. The van der Waals surface area contributed by atoms with Gasteiger partial charge in [0.1, 0.15) is 6.04 Å². The van der Waals surface area contributed by atoms with Gasteiger partial charge in [0.25, 0.3) is 0 Å². The van der Waals surface area contributed by atoms with Crippen LogP contribution in [0.5, 0.6) is 0 Å². The third-order valence-corrected chi connectivity index (χ3v) is 7.26. The summed E-state index contributed by atoms with van der Waals surface area (Å²) >= 11 is 24.8. The molecule has 1 aliphatic carbocycles. The highest BCUT2D eigenvalue weighted by Crippen LogP contribution is 2.28. The van der Waals surface area contributed by atoms with Crippen LogP contribution < -0.4 is 5.32 Å². The minimum absolute atomic E-state index is 0.00691. The number of rotatable bonds is 8.